The van der Waals surface area contributed by atoms with E-state index >= 15 is 0 Å². The molecule has 1 aromatic heterocycles. The average Bonchev–Trinajstić information content (AvgIpc) is 2.69. The van der Waals surface area contributed by atoms with Gasteiger partial charge in [-0.25, -0.2) is 15.0 Å². The Bertz CT molecular complexity index is 841. The van der Waals surface area contributed by atoms with Crippen LogP contribution in [0.3, 0.4) is 0 Å². The normalized spacial score (nSPS) is 17.1. The SMILES string of the molecule is C[C@H](Sc1nc(-c2ccccc2)cc(C(F)(F)F)n1)C(=O)NN1CCN(C)CC1. The lowest BCUT2D eigenvalue weighted by Gasteiger charge is -2.32. The van der Waals surface area contributed by atoms with Gasteiger partial charge in [0.25, 0.3) is 0 Å². The van der Waals surface area contributed by atoms with E-state index in [-0.39, 0.29) is 16.8 Å². The van der Waals surface area contributed by atoms with Crippen molar-refractivity contribution in [1.29, 1.82) is 0 Å². The molecule has 0 radical (unpaired) electrons. The first-order chi connectivity index (χ1) is 13.7. The molecule has 156 valence electrons. The number of thioether (sulfide) groups is 1. The third-order valence-corrected chi connectivity index (χ3v) is 5.45. The summed E-state index contributed by atoms with van der Waals surface area (Å²) in [4.78, 5) is 22.5. The largest absolute Gasteiger partial charge is 0.433 e. The Balaban J connectivity index is 1.76. The number of nitrogens with one attached hydrogen (secondary N) is 1. The van der Waals surface area contributed by atoms with Crippen molar-refractivity contribution < 1.29 is 18.0 Å². The molecule has 2 aromatic rings. The lowest BCUT2D eigenvalue weighted by Crippen LogP contribution is -2.53. The third kappa shape index (κ3) is 5.91. The van der Waals surface area contributed by atoms with E-state index < -0.39 is 17.1 Å². The second kappa shape index (κ2) is 9.10. The molecule has 1 atom stereocenters. The van der Waals surface area contributed by atoms with Gasteiger partial charge in [0, 0.05) is 31.7 Å². The summed E-state index contributed by atoms with van der Waals surface area (Å²) in [5.74, 6) is -0.290. The third-order valence-electron chi connectivity index (χ3n) is 4.49. The van der Waals surface area contributed by atoms with Crippen LogP contribution in [0, 0.1) is 0 Å². The maximum absolute atomic E-state index is 13.3. The number of carbonyl (C=O) groups excluding carboxylic acids is 1. The summed E-state index contributed by atoms with van der Waals surface area (Å²) < 4.78 is 39.9. The van der Waals surface area contributed by atoms with Gasteiger partial charge in [-0.1, -0.05) is 42.1 Å². The second-order valence-electron chi connectivity index (χ2n) is 6.81. The van der Waals surface area contributed by atoms with Crippen molar-refractivity contribution in [3.63, 3.8) is 0 Å². The van der Waals surface area contributed by atoms with Gasteiger partial charge in [-0.2, -0.15) is 13.2 Å². The zero-order chi connectivity index (χ0) is 21.0. The Morgan fingerprint density at radius 2 is 1.79 bits per heavy atom. The molecule has 2 heterocycles. The fraction of sp³-hybridized carbons (Fsp3) is 0.421. The molecule has 1 aliphatic rings. The fourth-order valence-corrected chi connectivity index (χ4v) is 3.53. The summed E-state index contributed by atoms with van der Waals surface area (Å²) in [5, 5.41) is 1.09. The molecule has 1 aliphatic heterocycles. The fourth-order valence-electron chi connectivity index (χ4n) is 2.76. The van der Waals surface area contributed by atoms with E-state index in [9.17, 15) is 18.0 Å². The number of hydrazine groups is 1. The molecule has 1 N–H and O–H groups in total. The molecule has 0 aliphatic carbocycles. The Morgan fingerprint density at radius 1 is 1.14 bits per heavy atom. The first-order valence-corrected chi connectivity index (χ1v) is 10.0. The van der Waals surface area contributed by atoms with Crippen molar-refractivity contribution >= 4 is 17.7 Å². The number of alkyl halides is 3. The molecule has 10 heteroatoms. The number of hydrogen-bond donors (Lipinski definition) is 1. The Hall–Kier alpha value is -2.17. The van der Waals surface area contributed by atoms with E-state index in [1.54, 1.807) is 37.3 Å². The number of carbonyl (C=O) groups is 1. The summed E-state index contributed by atoms with van der Waals surface area (Å²) in [6.07, 6.45) is -4.60. The van der Waals surface area contributed by atoms with E-state index in [0.29, 0.717) is 18.7 Å². The van der Waals surface area contributed by atoms with Crippen molar-refractivity contribution in [3.05, 3.63) is 42.1 Å². The van der Waals surface area contributed by atoms with Gasteiger partial charge in [-0.3, -0.25) is 10.2 Å². The lowest BCUT2D eigenvalue weighted by molar-refractivity contribution is -0.141. The number of benzene rings is 1. The van der Waals surface area contributed by atoms with Gasteiger partial charge >= 0.3 is 6.18 Å². The summed E-state index contributed by atoms with van der Waals surface area (Å²) >= 11 is 0.909. The van der Waals surface area contributed by atoms with Crippen LogP contribution in [0.25, 0.3) is 11.3 Å². The maximum atomic E-state index is 13.3. The van der Waals surface area contributed by atoms with Crippen LogP contribution in [0.4, 0.5) is 13.2 Å². The topological polar surface area (TPSA) is 61.4 Å². The van der Waals surface area contributed by atoms with Gasteiger partial charge in [0.2, 0.25) is 5.91 Å². The number of likely N-dealkylation sites (N-methyl/N-ethyl adjacent to an activating group) is 1. The van der Waals surface area contributed by atoms with Gasteiger partial charge in [0.15, 0.2) is 5.16 Å². The van der Waals surface area contributed by atoms with Crippen molar-refractivity contribution in [2.75, 3.05) is 33.2 Å². The summed E-state index contributed by atoms with van der Waals surface area (Å²) in [5.41, 5.74) is 2.51. The van der Waals surface area contributed by atoms with E-state index in [1.807, 2.05) is 12.1 Å². The van der Waals surface area contributed by atoms with Crippen molar-refractivity contribution in [3.8, 4) is 11.3 Å². The smallest absolute Gasteiger partial charge is 0.304 e. The van der Waals surface area contributed by atoms with Crippen molar-refractivity contribution in [2.45, 2.75) is 23.5 Å². The predicted molar refractivity (Wildman–Crippen MR) is 105 cm³/mol. The monoisotopic (exact) mass is 425 g/mol. The minimum atomic E-state index is -4.60. The van der Waals surface area contributed by atoms with Gasteiger partial charge in [0.05, 0.1) is 10.9 Å². The predicted octanol–water partition coefficient (Wildman–Crippen LogP) is 2.92. The van der Waals surface area contributed by atoms with Gasteiger partial charge < -0.3 is 4.90 Å². The first-order valence-electron chi connectivity index (χ1n) is 9.15. The molecule has 1 saturated heterocycles. The molecule has 0 spiro atoms. The molecule has 0 unspecified atom stereocenters. The van der Waals surface area contributed by atoms with Crippen molar-refractivity contribution in [1.82, 2.24) is 25.3 Å². The highest BCUT2D eigenvalue weighted by molar-refractivity contribution is 8.00. The highest BCUT2D eigenvalue weighted by Gasteiger charge is 2.34. The number of rotatable bonds is 5. The minimum absolute atomic E-state index is 0.0836. The average molecular weight is 425 g/mol. The highest BCUT2D eigenvalue weighted by Crippen LogP contribution is 2.32. The molecule has 3 rings (SSSR count). The molecule has 29 heavy (non-hydrogen) atoms. The number of aromatic nitrogens is 2. The summed E-state index contributed by atoms with van der Waals surface area (Å²) in [7, 11) is 2.01. The molecular formula is C19H22F3N5OS. The number of amides is 1. The van der Waals surface area contributed by atoms with E-state index in [4.69, 9.17) is 0 Å². The van der Waals surface area contributed by atoms with Crippen LogP contribution >= 0.6 is 11.8 Å². The quantitative estimate of drug-likeness (QED) is 0.587. The molecule has 1 amide bonds. The van der Waals surface area contributed by atoms with Gasteiger partial charge in [-0.15, -0.1) is 0 Å². The molecule has 0 saturated carbocycles. The number of hydrogen-bond acceptors (Lipinski definition) is 6. The molecule has 6 nitrogen and oxygen atoms in total. The second-order valence-corrected chi connectivity index (χ2v) is 8.12. The minimum Gasteiger partial charge on any atom is -0.304 e. The zero-order valence-electron chi connectivity index (χ0n) is 16.1. The summed E-state index contributed by atoms with van der Waals surface area (Å²) in [6, 6.07) is 9.51. The number of piperazine rings is 1. The van der Waals surface area contributed by atoms with Crippen LogP contribution in [-0.4, -0.2) is 64.3 Å². The molecule has 0 bridgehead atoms. The van der Waals surface area contributed by atoms with E-state index in [0.717, 1.165) is 30.9 Å². The van der Waals surface area contributed by atoms with Crippen LogP contribution in [0.15, 0.2) is 41.6 Å². The zero-order valence-corrected chi connectivity index (χ0v) is 16.9. The lowest BCUT2D eigenvalue weighted by atomic mass is 10.1. The van der Waals surface area contributed by atoms with Crippen LogP contribution in [0.2, 0.25) is 0 Å². The summed E-state index contributed by atoms with van der Waals surface area (Å²) in [6.45, 7) is 4.68. The number of halogens is 3. The van der Waals surface area contributed by atoms with Gasteiger partial charge in [0.1, 0.15) is 5.69 Å². The number of nitrogens with zero attached hydrogens (tertiary/aromatic N) is 4. The van der Waals surface area contributed by atoms with E-state index in [1.165, 1.54) is 0 Å². The van der Waals surface area contributed by atoms with Crippen LogP contribution in [0.5, 0.6) is 0 Å². The first kappa shape index (κ1) is 21.5. The maximum Gasteiger partial charge on any atom is 0.433 e. The molecule has 1 aromatic carbocycles. The molecular weight excluding hydrogens is 403 g/mol. The Morgan fingerprint density at radius 3 is 2.41 bits per heavy atom. The van der Waals surface area contributed by atoms with Crippen LogP contribution in [-0.2, 0) is 11.0 Å². The Kier molecular flexibility index (Phi) is 6.76. The van der Waals surface area contributed by atoms with E-state index in [2.05, 4.69) is 20.3 Å². The highest BCUT2D eigenvalue weighted by atomic mass is 32.2. The van der Waals surface area contributed by atoms with Crippen molar-refractivity contribution in [2.24, 2.45) is 0 Å². The van der Waals surface area contributed by atoms with Gasteiger partial charge in [-0.05, 0) is 20.0 Å². The van der Waals surface area contributed by atoms with Crippen LogP contribution in [0.1, 0.15) is 12.6 Å². The van der Waals surface area contributed by atoms with Crippen LogP contribution < -0.4 is 5.43 Å². The Labute approximate surface area is 171 Å². The molecule has 1 fully saturated rings. The standard InChI is InChI=1S/C19H22F3N5OS/c1-13(17(28)25-27-10-8-26(2)9-11-27)29-18-23-15(14-6-4-3-5-7-14)12-16(24-18)19(20,21)22/h3-7,12-13H,8-11H2,1-2H3,(H,25,28)/t13-/m0/s1.